The Morgan fingerprint density at radius 3 is 2.71 bits per heavy atom. The fraction of sp³-hybridized carbons (Fsp3) is 0.250. The van der Waals surface area contributed by atoms with Crippen molar-refractivity contribution in [2.24, 2.45) is 0 Å². The number of methoxy groups -OCH3 is 1. The first kappa shape index (κ1) is 15.0. The van der Waals surface area contributed by atoms with Crippen LogP contribution in [0.4, 0.5) is 5.69 Å². The number of pyridine rings is 1. The van der Waals surface area contributed by atoms with Gasteiger partial charge in [-0.05, 0) is 30.2 Å². The van der Waals surface area contributed by atoms with Gasteiger partial charge in [0, 0.05) is 11.9 Å². The van der Waals surface area contributed by atoms with Gasteiger partial charge in [-0.25, -0.2) is 4.79 Å². The molecule has 0 aliphatic rings. The Hall–Kier alpha value is -2.40. The largest absolute Gasteiger partial charge is 0.465 e. The molecule has 0 amide bonds. The average Bonchev–Trinajstić information content (AvgIpc) is 2.53. The number of carbonyl (C=O) groups is 1. The first-order chi connectivity index (χ1) is 10.2. The van der Waals surface area contributed by atoms with Crippen molar-refractivity contribution in [3.8, 4) is 0 Å². The second-order valence-corrected chi connectivity index (χ2v) is 4.53. The minimum Gasteiger partial charge on any atom is -0.465 e. The molecular weight excluding hydrogens is 268 g/mol. The fourth-order valence-electron chi connectivity index (χ4n) is 1.87. The summed E-state index contributed by atoms with van der Waals surface area (Å²) in [5, 5.41) is 0. The normalized spacial score (nSPS) is 10.3. The Morgan fingerprint density at radius 1 is 1.24 bits per heavy atom. The highest BCUT2D eigenvalue weighted by Crippen LogP contribution is 2.11. The molecule has 0 saturated carbocycles. The van der Waals surface area contributed by atoms with E-state index in [2.05, 4.69) is 9.72 Å². The molecule has 1 heterocycles. The first-order valence-electron chi connectivity index (χ1n) is 6.65. The van der Waals surface area contributed by atoms with E-state index in [4.69, 9.17) is 10.5 Å². The van der Waals surface area contributed by atoms with Crippen LogP contribution in [0.1, 0.15) is 21.6 Å². The van der Waals surface area contributed by atoms with Crippen molar-refractivity contribution in [1.82, 2.24) is 4.98 Å². The molecule has 1 aromatic carbocycles. The SMILES string of the molecule is COC(=O)c1ccc(COCCc2ccccc2N)nc1. The second kappa shape index (κ2) is 7.40. The molecule has 5 heteroatoms. The molecule has 1 aromatic heterocycles. The number of esters is 1. The number of ether oxygens (including phenoxy) is 2. The molecule has 0 aliphatic carbocycles. The van der Waals surface area contributed by atoms with Gasteiger partial charge in [0.25, 0.3) is 0 Å². The van der Waals surface area contributed by atoms with E-state index in [1.54, 1.807) is 12.1 Å². The molecular formula is C16H18N2O3. The molecule has 2 rings (SSSR count). The third-order valence-electron chi connectivity index (χ3n) is 3.07. The van der Waals surface area contributed by atoms with Crippen LogP contribution < -0.4 is 5.73 Å². The van der Waals surface area contributed by atoms with Crippen LogP contribution in [-0.2, 0) is 22.5 Å². The monoisotopic (exact) mass is 286 g/mol. The molecule has 0 radical (unpaired) electrons. The van der Waals surface area contributed by atoms with E-state index in [1.807, 2.05) is 24.3 Å². The van der Waals surface area contributed by atoms with E-state index in [9.17, 15) is 4.79 Å². The lowest BCUT2D eigenvalue weighted by atomic mass is 10.1. The van der Waals surface area contributed by atoms with Gasteiger partial charge < -0.3 is 15.2 Å². The highest BCUT2D eigenvalue weighted by molar-refractivity contribution is 5.88. The number of rotatable bonds is 6. The molecule has 2 N–H and O–H groups in total. The molecule has 0 saturated heterocycles. The number of nitrogen functional groups attached to an aromatic ring is 1. The zero-order chi connectivity index (χ0) is 15.1. The minimum absolute atomic E-state index is 0.394. The van der Waals surface area contributed by atoms with Gasteiger partial charge in [-0.15, -0.1) is 0 Å². The summed E-state index contributed by atoms with van der Waals surface area (Å²) in [5.74, 6) is -0.394. The van der Waals surface area contributed by atoms with Gasteiger partial charge in [-0.3, -0.25) is 4.98 Å². The van der Waals surface area contributed by atoms with E-state index < -0.39 is 5.97 Å². The number of anilines is 1. The van der Waals surface area contributed by atoms with Crippen molar-refractivity contribution in [1.29, 1.82) is 0 Å². The fourth-order valence-corrected chi connectivity index (χ4v) is 1.87. The van der Waals surface area contributed by atoms with Crippen LogP contribution >= 0.6 is 0 Å². The standard InChI is InChI=1S/C16H18N2O3/c1-20-16(19)13-6-7-14(18-10-13)11-21-9-8-12-4-2-3-5-15(12)17/h2-7,10H,8-9,11,17H2,1H3. The number of hydrogen-bond donors (Lipinski definition) is 1. The smallest absolute Gasteiger partial charge is 0.339 e. The predicted molar refractivity (Wildman–Crippen MR) is 79.8 cm³/mol. The van der Waals surface area contributed by atoms with Crippen LogP contribution in [0.2, 0.25) is 0 Å². The number of benzene rings is 1. The number of hydrogen-bond acceptors (Lipinski definition) is 5. The minimum atomic E-state index is -0.394. The third kappa shape index (κ3) is 4.29. The van der Waals surface area contributed by atoms with E-state index in [-0.39, 0.29) is 0 Å². The van der Waals surface area contributed by atoms with Crippen molar-refractivity contribution >= 4 is 11.7 Å². The third-order valence-corrected chi connectivity index (χ3v) is 3.07. The number of nitrogens with zero attached hydrogens (tertiary/aromatic N) is 1. The highest BCUT2D eigenvalue weighted by Gasteiger charge is 2.05. The van der Waals surface area contributed by atoms with Gasteiger partial charge >= 0.3 is 5.97 Å². The van der Waals surface area contributed by atoms with Crippen LogP contribution in [0.25, 0.3) is 0 Å². The van der Waals surface area contributed by atoms with E-state index in [1.165, 1.54) is 13.3 Å². The van der Waals surface area contributed by atoms with Gasteiger partial charge in [-0.2, -0.15) is 0 Å². The Bertz CT molecular complexity index is 597. The zero-order valence-corrected chi connectivity index (χ0v) is 11.9. The highest BCUT2D eigenvalue weighted by atomic mass is 16.5. The van der Waals surface area contributed by atoms with E-state index >= 15 is 0 Å². The van der Waals surface area contributed by atoms with Crippen LogP contribution in [0, 0.1) is 0 Å². The van der Waals surface area contributed by atoms with Gasteiger partial charge in [0.05, 0.1) is 31.6 Å². The van der Waals surface area contributed by atoms with Crippen LogP contribution in [0.15, 0.2) is 42.6 Å². The maximum Gasteiger partial charge on any atom is 0.339 e. The molecule has 0 bridgehead atoms. The molecule has 0 aliphatic heterocycles. The van der Waals surface area contributed by atoms with Gasteiger partial charge in [0.15, 0.2) is 0 Å². The Labute approximate surface area is 123 Å². The van der Waals surface area contributed by atoms with Crippen molar-refractivity contribution < 1.29 is 14.3 Å². The maximum atomic E-state index is 11.3. The molecule has 21 heavy (non-hydrogen) atoms. The van der Waals surface area contributed by atoms with Crippen LogP contribution in [-0.4, -0.2) is 24.7 Å². The molecule has 5 nitrogen and oxygen atoms in total. The topological polar surface area (TPSA) is 74.4 Å². The number of carbonyl (C=O) groups excluding carboxylic acids is 1. The molecule has 0 spiro atoms. The summed E-state index contributed by atoms with van der Waals surface area (Å²) in [6, 6.07) is 11.2. The molecule has 0 atom stereocenters. The molecule has 0 fully saturated rings. The van der Waals surface area contributed by atoms with Crippen molar-refractivity contribution in [2.75, 3.05) is 19.5 Å². The summed E-state index contributed by atoms with van der Waals surface area (Å²) in [6.45, 7) is 0.961. The van der Waals surface area contributed by atoms with E-state index in [0.717, 1.165) is 23.4 Å². The first-order valence-corrected chi connectivity index (χ1v) is 6.65. The second-order valence-electron chi connectivity index (χ2n) is 4.53. The van der Waals surface area contributed by atoms with Crippen molar-refractivity contribution in [3.05, 3.63) is 59.4 Å². The van der Waals surface area contributed by atoms with Crippen LogP contribution in [0.3, 0.4) is 0 Å². The molecule has 0 unspecified atom stereocenters. The van der Waals surface area contributed by atoms with Crippen molar-refractivity contribution in [2.45, 2.75) is 13.0 Å². The summed E-state index contributed by atoms with van der Waals surface area (Å²) in [7, 11) is 1.34. The lowest BCUT2D eigenvalue weighted by molar-refractivity contribution is 0.0600. The van der Waals surface area contributed by atoms with Crippen molar-refractivity contribution in [3.63, 3.8) is 0 Å². The Kier molecular flexibility index (Phi) is 5.29. The summed E-state index contributed by atoms with van der Waals surface area (Å²) < 4.78 is 10.2. The van der Waals surface area contributed by atoms with Crippen LogP contribution in [0.5, 0.6) is 0 Å². The zero-order valence-electron chi connectivity index (χ0n) is 11.9. The quantitative estimate of drug-likeness (QED) is 0.500. The Morgan fingerprint density at radius 2 is 2.05 bits per heavy atom. The summed E-state index contributed by atoms with van der Waals surface area (Å²) in [6.07, 6.45) is 2.24. The number of aromatic nitrogens is 1. The number of nitrogens with two attached hydrogens (primary N) is 1. The summed E-state index contributed by atoms with van der Waals surface area (Å²) in [5.41, 5.74) is 8.91. The number of para-hydroxylation sites is 1. The van der Waals surface area contributed by atoms with Gasteiger partial charge in [0.1, 0.15) is 0 Å². The molecule has 110 valence electrons. The molecule has 2 aromatic rings. The average molecular weight is 286 g/mol. The summed E-state index contributed by atoms with van der Waals surface area (Å²) >= 11 is 0. The Balaban J connectivity index is 1.79. The predicted octanol–water partition coefficient (Wildman–Crippen LogP) is 2.21. The summed E-state index contributed by atoms with van der Waals surface area (Å²) in [4.78, 5) is 15.4. The lowest BCUT2D eigenvalue weighted by Crippen LogP contribution is -2.05. The van der Waals surface area contributed by atoms with E-state index in [0.29, 0.717) is 18.8 Å². The lowest BCUT2D eigenvalue weighted by Gasteiger charge is -2.06. The maximum absolute atomic E-state index is 11.3. The van der Waals surface area contributed by atoms with Gasteiger partial charge in [-0.1, -0.05) is 18.2 Å². The van der Waals surface area contributed by atoms with Gasteiger partial charge in [0.2, 0.25) is 0 Å².